The predicted molar refractivity (Wildman–Crippen MR) is 101 cm³/mol. The summed E-state index contributed by atoms with van der Waals surface area (Å²) in [5.74, 6) is -0.911. The first kappa shape index (κ1) is 18.5. The van der Waals surface area contributed by atoms with Crippen LogP contribution in [0.25, 0.3) is 5.69 Å². The summed E-state index contributed by atoms with van der Waals surface area (Å²) >= 11 is 0. The van der Waals surface area contributed by atoms with Gasteiger partial charge in [-0.3, -0.25) is 4.79 Å². The molecule has 1 amide bonds. The highest BCUT2D eigenvalue weighted by Gasteiger charge is 2.10. The van der Waals surface area contributed by atoms with Crippen LogP contribution >= 0.6 is 0 Å². The SMILES string of the molecule is Cc1cc(/C=N/NC(=O)Cc2ccc(F)cc2)c(C)n1-c1ccc(F)cc1. The number of carbonyl (C=O) groups excluding carboxylic acids is 1. The minimum atomic E-state index is -0.339. The summed E-state index contributed by atoms with van der Waals surface area (Å²) in [6.45, 7) is 3.87. The van der Waals surface area contributed by atoms with Gasteiger partial charge in [-0.2, -0.15) is 5.10 Å². The zero-order chi connectivity index (χ0) is 19.4. The van der Waals surface area contributed by atoms with Gasteiger partial charge in [0.2, 0.25) is 5.91 Å². The molecule has 138 valence electrons. The lowest BCUT2D eigenvalue weighted by Gasteiger charge is -2.09. The number of aromatic nitrogens is 1. The Balaban J connectivity index is 1.68. The lowest BCUT2D eigenvalue weighted by molar-refractivity contribution is -0.120. The van der Waals surface area contributed by atoms with E-state index in [9.17, 15) is 13.6 Å². The van der Waals surface area contributed by atoms with Gasteiger partial charge in [0.05, 0.1) is 12.6 Å². The molecule has 0 atom stereocenters. The molecule has 0 fully saturated rings. The predicted octanol–water partition coefficient (Wildman–Crippen LogP) is 4.07. The summed E-state index contributed by atoms with van der Waals surface area (Å²) in [5.41, 5.74) is 6.78. The Morgan fingerprint density at radius 1 is 1.04 bits per heavy atom. The fourth-order valence-corrected chi connectivity index (χ4v) is 2.91. The monoisotopic (exact) mass is 367 g/mol. The van der Waals surface area contributed by atoms with Crippen LogP contribution in [0.15, 0.2) is 59.7 Å². The number of nitrogens with zero attached hydrogens (tertiary/aromatic N) is 2. The number of rotatable bonds is 5. The quantitative estimate of drug-likeness (QED) is 0.536. The van der Waals surface area contributed by atoms with Gasteiger partial charge < -0.3 is 4.57 Å². The van der Waals surface area contributed by atoms with Crippen LogP contribution in [0, 0.1) is 25.5 Å². The van der Waals surface area contributed by atoms with E-state index in [1.807, 2.05) is 24.5 Å². The molecule has 1 N–H and O–H groups in total. The number of nitrogens with one attached hydrogen (secondary N) is 1. The number of benzene rings is 2. The summed E-state index contributed by atoms with van der Waals surface area (Å²) in [4.78, 5) is 11.9. The molecule has 0 aliphatic carbocycles. The Labute approximate surface area is 156 Å². The van der Waals surface area contributed by atoms with Crippen molar-refractivity contribution in [1.82, 2.24) is 9.99 Å². The van der Waals surface area contributed by atoms with Crippen LogP contribution in [-0.2, 0) is 11.2 Å². The minimum Gasteiger partial charge on any atom is -0.318 e. The molecule has 0 aliphatic heterocycles. The van der Waals surface area contributed by atoms with E-state index < -0.39 is 0 Å². The molecule has 27 heavy (non-hydrogen) atoms. The molecule has 0 unspecified atom stereocenters. The molecule has 1 heterocycles. The van der Waals surface area contributed by atoms with Crippen LogP contribution in [-0.4, -0.2) is 16.7 Å². The van der Waals surface area contributed by atoms with E-state index in [-0.39, 0.29) is 24.0 Å². The van der Waals surface area contributed by atoms with E-state index >= 15 is 0 Å². The highest BCUT2D eigenvalue weighted by atomic mass is 19.1. The Bertz CT molecular complexity index is 974. The van der Waals surface area contributed by atoms with Crippen LogP contribution < -0.4 is 5.43 Å². The van der Waals surface area contributed by atoms with Crippen molar-refractivity contribution in [3.05, 3.63) is 88.7 Å². The number of aryl methyl sites for hydroxylation is 1. The van der Waals surface area contributed by atoms with Gasteiger partial charge >= 0.3 is 0 Å². The number of carbonyl (C=O) groups is 1. The third kappa shape index (κ3) is 4.47. The Kier molecular flexibility index (Phi) is 5.45. The normalized spacial score (nSPS) is 11.1. The van der Waals surface area contributed by atoms with Crippen molar-refractivity contribution in [3.63, 3.8) is 0 Å². The molecule has 0 spiro atoms. The van der Waals surface area contributed by atoms with Crippen LogP contribution in [0.5, 0.6) is 0 Å². The van der Waals surface area contributed by atoms with E-state index in [0.29, 0.717) is 5.56 Å². The fraction of sp³-hybridized carbons (Fsp3) is 0.143. The van der Waals surface area contributed by atoms with Gasteiger partial charge in [0.15, 0.2) is 0 Å². The molecular formula is C21H19F2N3O. The fourth-order valence-electron chi connectivity index (χ4n) is 2.91. The Morgan fingerprint density at radius 3 is 2.26 bits per heavy atom. The lowest BCUT2D eigenvalue weighted by Crippen LogP contribution is -2.19. The van der Waals surface area contributed by atoms with Gasteiger partial charge in [-0.25, -0.2) is 14.2 Å². The van der Waals surface area contributed by atoms with Gasteiger partial charge in [-0.1, -0.05) is 12.1 Å². The van der Waals surface area contributed by atoms with E-state index in [0.717, 1.165) is 22.6 Å². The van der Waals surface area contributed by atoms with Crippen molar-refractivity contribution < 1.29 is 13.6 Å². The average Bonchev–Trinajstić information content (AvgIpc) is 2.92. The third-order valence-electron chi connectivity index (χ3n) is 4.23. The molecular weight excluding hydrogens is 348 g/mol. The summed E-state index contributed by atoms with van der Waals surface area (Å²) in [7, 11) is 0. The average molecular weight is 367 g/mol. The summed E-state index contributed by atoms with van der Waals surface area (Å²) < 4.78 is 28.0. The molecule has 4 nitrogen and oxygen atoms in total. The van der Waals surface area contributed by atoms with Crippen molar-refractivity contribution in [2.75, 3.05) is 0 Å². The Hall–Kier alpha value is -3.28. The van der Waals surface area contributed by atoms with Gasteiger partial charge in [-0.05, 0) is 61.9 Å². The van der Waals surface area contributed by atoms with Crippen molar-refractivity contribution >= 4 is 12.1 Å². The molecule has 0 radical (unpaired) electrons. The number of hydrogen-bond donors (Lipinski definition) is 1. The van der Waals surface area contributed by atoms with E-state index in [4.69, 9.17) is 0 Å². The summed E-state index contributed by atoms with van der Waals surface area (Å²) in [6.07, 6.45) is 1.69. The molecule has 3 rings (SSSR count). The lowest BCUT2D eigenvalue weighted by atomic mass is 10.1. The van der Waals surface area contributed by atoms with Gasteiger partial charge in [0, 0.05) is 22.6 Å². The largest absolute Gasteiger partial charge is 0.318 e. The Morgan fingerprint density at radius 2 is 1.63 bits per heavy atom. The first-order valence-corrected chi connectivity index (χ1v) is 8.45. The second-order valence-corrected chi connectivity index (χ2v) is 6.23. The first-order valence-electron chi connectivity index (χ1n) is 8.45. The molecule has 0 saturated heterocycles. The highest BCUT2D eigenvalue weighted by molar-refractivity contribution is 5.84. The van der Waals surface area contributed by atoms with Crippen molar-refractivity contribution in [1.29, 1.82) is 0 Å². The second kappa shape index (κ2) is 7.95. The molecule has 0 saturated carbocycles. The first-order chi connectivity index (χ1) is 12.9. The van der Waals surface area contributed by atoms with Crippen molar-refractivity contribution in [2.24, 2.45) is 5.10 Å². The zero-order valence-corrected chi connectivity index (χ0v) is 15.0. The van der Waals surface area contributed by atoms with Crippen LogP contribution in [0.3, 0.4) is 0 Å². The number of halogens is 2. The molecule has 0 aliphatic rings. The smallest absolute Gasteiger partial charge is 0.244 e. The summed E-state index contributed by atoms with van der Waals surface area (Å²) in [5, 5.41) is 4.01. The van der Waals surface area contributed by atoms with Crippen LogP contribution in [0.4, 0.5) is 8.78 Å². The molecule has 3 aromatic rings. The van der Waals surface area contributed by atoms with Crippen molar-refractivity contribution in [3.8, 4) is 5.69 Å². The van der Waals surface area contributed by atoms with E-state index in [1.165, 1.54) is 24.3 Å². The minimum absolute atomic E-state index is 0.117. The van der Waals surface area contributed by atoms with Gasteiger partial charge in [-0.15, -0.1) is 0 Å². The number of hydrogen-bond acceptors (Lipinski definition) is 2. The molecule has 0 bridgehead atoms. The van der Waals surface area contributed by atoms with Gasteiger partial charge in [0.25, 0.3) is 0 Å². The van der Waals surface area contributed by atoms with Crippen molar-refractivity contribution in [2.45, 2.75) is 20.3 Å². The third-order valence-corrected chi connectivity index (χ3v) is 4.23. The molecule has 1 aromatic heterocycles. The van der Waals surface area contributed by atoms with E-state index in [1.54, 1.807) is 30.5 Å². The highest BCUT2D eigenvalue weighted by Crippen LogP contribution is 2.20. The summed E-state index contributed by atoms with van der Waals surface area (Å²) in [6, 6.07) is 13.9. The van der Waals surface area contributed by atoms with Crippen LogP contribution in [0.2, 0.25) is 0 Å². The zero-order valence-electron chi connectivity index (χ0n) is 15.0. The van der Waals surface area contributed by atoms with Crippen LogP contribution in [0.1, 0.15) is 22.5 Å². The topological polar surface area (TPSA) is 46.4 Å². The maximum absolute atomic E-state index is 13.1. The maximum Gasteiger partial charge on any atom is 0.244 e. The van der Waals surface area contributed by atoms with E-state index in [2.05, 4.69) is 10.5 Å². The standard InChI is InChI=1S/C21H19F2N3O/c1-14-11-17(15(2)26(14)20-9-7-19(23)8-10-20)13-24-25-21(27)12-16-3-5-18(22)6-4-16/h3-11,13H,12H2,1-2H3,(H,25,27)/b24-13+. The molecule has 6 heteroatoms. The second-order valence-electron chi connectivity index (χ2n) is 6.23. The number of hydrazone groups is 1. The van der Waals surface area contributed by atoms with Gasteiger partial charge in [0.1, 0.15) is 11.6 Å². The molecule has 2 aromatic carbocycles. The number of amides is 1. The maximum atomic E-state index is 13.1.